The van der Waals surface area contributed by atoms with Gasteiger partial charge in [0.05, 0.1) is 0 Å². The van der Waals surface area contributed by atoms with Crippen LogP contribution in [0.25, 0.3) is 0 Å². The second-order valence-electron chi connectivity index (χ2n) is 8.85. The van der Waals surface area contributed by atoms with Crippen LogP contribution in [0.2, 0.25) is 0 Å². The summed E-state index contributed by atoms with van der Waals surface area (Å²) in [5.74, 6) is 0. The van der Waals surface area contributed by atoms with Crippen molar-refractivity contribution in [1.29, 1.82) is 0 Å². The molecule has 2 unspecified atom stereocenters. The van der Waals surface area contributed by atoms with Crippen molar-refractivity contribution in [2.24, 2.45) is 0 Å². The predicted molar refractivity (Wildman–Crippen MR) is 135 cm³/mol. The molecule has 2 aromatic rings. The van der Waals surface area contributed by atoms with Crippen LogP contribution in [0.3, 0.4) is 0 Å². The maximum atomic E-state index is 3.68. The predicted octanol–water partition coefficient (Wildman–Crippen LogP) is 8.95. The molecule has 0 aliphatic heterocycles. The first-order chi connectivity index (χ1) is 14.7. The lowest BCUT2D eigenvalue weighted by molar-refractivity contribution is 0.567. The van der Waals surface area contributed by atoms with Crippen LogP contribution in [0.1, 0.15) is 91.9 Å². The van der Waals surface area contributed by atoms with Crippen molar-refractivity contribution in [3.05, 3.63) is 54.6 Å². The molecule has 2 atom stereocenters. The molecule has 0 amide bonds. The Morgan fingerprint density at radius 2 is 1.23 bits per heavy atom. The Bertz CT molecular complexity index is 665. The highest BCUT2D eigenvalue weighted by atomic mass is 15.2. The molecule has 0 fully saturated rings. The van der Waals surface area contributed by atoms with E-state index < -0.39 is 0 Å². The lowest BCUT2D eigenvalue weighted by Crippen LogP contribution is -2.28. The highest BCUT2D eigenvalue weighted by molar-refractivity contribution is 5.66. The third-order valence-electron chi connectivity index (χ3n) is 6.00. The summed E-state index contributed by atoms with van der Waals surface area (Å²) >= 11 is 0. The van der Waals surface area contributed by atoms with Crippen LogP contribution in [0.5, 0.6) is 0 Å². The quantitative estimate of drug-likeness (QED) is 0.296. The Balaban J connectivity index is 2.02. The highest BCUT2D eigenvalue weighted by Crippen LogP contribution is 2.31. The Labute approximate surface area is 186 Å². The molecule has 0 bridgehead atoms. The molecular formula is C28H44N2. The summed E-state index contributed by atoms with van der Waals surface area (Å²) in [6.07, 6.45) is 13.1. The van der Waals surface area contributed by atoms with Crippen molar-refractivity contribution in [2.75, 3.05) is 10.2 Å². The molecule has 0 saturated carbocycles. The fourth-order valence-corrected chi connectivity index (χ4v) is 4.19. The van der Waals surface area contributed by atoms with Gasteiger partial charge in [-0.05, 0) is 63.1 Å². The van der Waals surface area contributed by atoms with E-state index in [0.29, 0.717) is 12.1 Å². The van der Waals surface area contributed by atoms with Gasteiger partial charge in [-0.1, -0.05) is 83.4 Å². The fourth-order valence-electron chi connectivity index (χ4n) is 4.19. The molecule has 2 nitrogen and oxygen atoms in total. The standard InChI is InChI=1S/C28H44N2/c1-5-7-9-12-16-24(3)29-26-20-22-28(23-21-26)30(27-18-14-11-15-19-27)25(4)17-13-10-8-6-2/h11,14-15,18-25,29H,5-10,12-13,16-17H2,1-4H3. The number of rotatable bonds is 15. The van der Waals surface area contributed by atoms with Gasteiger partial charge in [0, 0.05) is 29.1 Å². The van der Waals surface area contributed by atoms with Gasteiger partial charge < -0.3 is 10.2 Å². The molecular weight excluding hydrogens is 364 g/mol. The number of para-hydroxylation sites is 1. The molecule has 2 aromatic carbocycles. The largest absolute Gasteiger partial charge is 0.383 e. The number of benzene rings is 2. The number of nitrogens with zero attached hydrogens (tertiary/aromatic N) is 1. The van der Waals surface area contributed by atoms with Gasteiger partial charge in [-0.2, -0.15) is 0 Å². The first kappa shape index (κ1) is 24.3. The molecule has 2 rings (SSSR count). The van der Waals surface area contributed by atoms with E-state index in [1.54, 1.807) is 0 Å². The van der Waals surface area contributed by atoms with E-state index >= 15 is 0 Å². The Morgan fingerprint density at radius 3 is 1.83 bits per heavy atom. The summed E-state index contributed by atoms with van der Waals surface area (Å²) in [6, 6.07) is 20.9. The minimum atomic E-state index is 0.487. The molecule has 0 saturated heterocycles. The summed E-state index contributed by atoms with van der Waals surface area (Å²) < 4.78 is 0. The van der Waals surface area contributed by atoms with Crippen LogP contribution < -0.4 is 10.2 Å². The summed E-state index contributed by atoms with van der Waals surface area (Å²) in [7, 11) is 0. The van der Waals surface area contributed by atoms with Gasteiger partial charge in [0.2, 0.25) is 0 Å². The fraction of sp³-hybridized carbons (Fsp3) is 0.571. The zero-order chi connectivity index (χ0) is 21.6. The number of unbranched alkanes of at least 4 members (excludes halogenated alkanes) is 6. The first-order valence-electron chi connectivity index (χ1n) is 12.4. The lowest BCUT2D eigenvalue weighted by Gasteiger charge is -2.32. The maximum absolute atomic E-state index is 3.68. The van der Waals surface area contributed by atoms with Gasteiger partial charge in [-0.15, -0.1) is 0 Å². The average molecular weight is 409 g/mol. The van der Waals surface area contributed by atoms with E-state index in [2.05, 4.69) is 92.5 Å². The number of hydrogen-bond acceptors (Lipinski definition) is 2. The Kier molecular flexibility index (Phi) is 11.4. The van der Waals surface area contributed by atoms with Crippen LogP contribution in [0.15, 0.2) is 54.6 Å². The van der Waals surface area contributed by atoms with Gasteiger partial charge in [-0.3, -0.25) is 0 Å². The molecule has 0 aliphatic carbocycles. The van der Waals surface area contributed by atoms with Crippen molar-refractivity contribution < 1.29 is 0 Å². The first-order valence-corrected chi connectivity index (χ1v) is 12.4. The summed E-state index contributed by atoms with van der Waals surface area (Å²) in [5.41, 5.74) is 3.79. The van der Waals surface area contributed by atoms with Gasteiger partial charge in [-0.25, -0.2) is 0 Å². The minimum Gasteiger partial charge on any atom is -0.383 e. The molecule has 30 heavy (non-hydrogen) atoms. The zero-order valence-electron chi connectivity index (χ0n) is 19.9. The molecule has 0 radical (unpaired) electrons. The molecule has 2 heteroatoms. The van der Waals surface area contributed by atoms with E-state index in [4.69, 9.17) is 0 Å². The molecule has 1 N–H and O–H groups in total. The van der Waals surface area contributed by atoms with Crippen molar-refractivity contribution in [3.63, 3.8) is 0 Å². The summed E-state index contributed by atoms with van der Waals surface area (Å²) in [6.45, 7) is 9.22. The Hall–Kier alpha value is -1.96. The lowest BCUT2D eigenvalue weighted by atomic mass is 10.0. The smallest absolute Gasteiger partial charge is 0.0414 e. The van der Waals surface area contributed by atoms with Crippen molar-refractivity contribution in [3.8, 4) is 0 Å². The van der Waals surface area contributed by atoms with Gasteiger partial charge >= 0.3 is 0 Å². The number of nitrogens with one attached hydrogen (secondary N) is 1. The van der Waals surface area contributed by atoms with Crippen LogP contribution in [-0.2, 0) is 0 Å². The summed E-state index contributed by atoms with van der Waals surface area (Å²) in [4.78, 5) is 2.50. The van der Waals surface area contributed by atoms with Crippen LogP contribution in [0, 0.1) is 0 Å². The van der Waals surface area contributed by atoms with E-state index in [1.165, 1.54) is 81.3 Å². The van der Waals surface area contributed by atoms with E-state index in [0.717, 1.165) is 0 Å². The average Bonchev–Trinajstić information content (AvgIpc) is 2.76. The van der Waals surface area contributed by atoms with Crippen molar-refractivity contribution in [1.82, 2.24) is 0 Å². The van der Waals surface area contributed by atoms with Crippen LogP contribution in [-0.4, -0.2) is 12.1 Å². The van der Waals surface area contributed by atoms with Crippen molar-refractivity contribution >= 4 is 17.1 Å². The normalized spacial score (nSPS) is 13.1. The third kappa shape index (κ3) is 8.42. The van der Waals surface area contributed by atoms with Gasteiger partial charge in [0.25, 0.3) is 0 Å². The molecule has 166 valence electrons. The molecule has 0 spiro atoms. The minimum absolute atomic E-state index is 0.487. The van der Waals surface area contributed by atoms with E-state index in [1.807, 2.05) is 0 Å². The third-order valence-corrected chi connectivity index (χ3v) is 6.00. The summed E-state index contributed by atoms with van der Waals surface area (Å²) in [5, 5.41) is 3.68. The number of anilines is 3. The van der Waals surface area contributed by atoms with Crippen molar-refractivity contribution in [2.45, 2.75) is 104 Å². The molecule has 0 aliphatic rings. The second kappa shape index (κ2) is 14.1. The highest BCUT2D eigenvalue weighted by Gasteiger charge is 2.16. The second-order valence-corrected chi connectivity index (χ2v) is 8.85. The molecule has 0 heterocycles. The SMILES string of the molecule is CCCCCCC(C)Nc1ccc(N(c2ccccc2)C(C)CCCCCC)cc1. The number of hydrogen-bond donors (Lipinski definition) is 1. The maximum Gasteiger partial charge on any atom is 0.0414 e. The monoisotopic (exact) mass is 408 g/mol. The van der Waals surface area contributed by atoms with Gasteiger partial charge in [0.1, 0.15) is 0 Å². The molecule has 0 aromatic heterocycles. The van der Waals surface area contributed by atoms with Gasteiger partial charge in [0.15, 0.2) is 0 Å². The van der Waals surface area contributed by atoms with Crippen LogP contribution >= 0.6 is 0 Å². The zero-order valence-corrected chi connectivity index (χ0v) is 19.9. The topological polar surface area (TPSA) is 15.3 Å². The van der Waals surface area contributed by atoms with Crippen LogP contribution in [0.4, 0.5) is 17.1 Å². The van der Waals surface area contributed by atoms with E-state index in [9.17, 15) is 0 Å². The van der Waals surface area contributed by atoms with E-state index in [-0.39, 0.29) is 0 Å². The Morgan fingerprint density at radius 1 is 0.667 bits per heavy atom.